The highest BCUT2D eigenvalue weighted by atomic mass is 16.5. The zero-order chi connectivity index (χ0) is 17.4. The van der Waals surface area contributed by atoms with Gasteiger partial charge >= 0.3 is 0 Å². The number of hydrogen-bond acceptors (Lipinski definition) is 5. The monoisotopic (exact) mass is 333 g/mol. The second-order valence-corrected chi connectivity index (χ2v) is 5.66. The molecular formula is C17H23N3O4. The van der Waals surface area contributed by atoms with Gasteiger partial charge in [0.1, 0.15) is 6.42 Å². The van der Waals surface area contributed by atoms with E-state index in [4.69, 9.17) is 4.74 Å². The molecule has 0 aromatic heterocycles. The van der Waals surface area contributed by atoms with Crippen molar-refractivity contribution in [1.29, 1.82) is 0 Å². The molecule has 0 bridgehead atoms. The molecule has 1 aliphatic heterocycles. The first kappa shape index (κ1) is 18.1. The summed E-state index contributed by atoms with van der Waals surface area (Å²) < 4.78 is 5.26. The molecule has 1 fully saturated rings. The largest absolute Gasteiger partial charge is 0.379 e. The summed E-state index contributed by atoms with van der Waals surface area (Å²) in [6.07, 6.45) is -0.225. The zero-order valence-corrected chi connectivity index (χ0v) is 13.8. The maximum Gasteiger partial charge on any atom is 0.233 e. The molecule has 0 unspecified atom stereocenters. The number of benzene rings is 1. The van der Waals surface area contributed by atoms with E-state index in [-0.39, 0.29) is 24.0 Å². The Morgan fingerprint density at radius 1 is 1.08 bits per heavy atom. The Morgan fingerprint density at radius 3 is 2.38 bits per heavy atom. The standard InChI is InChI=1S/C17H23N3O4/c1-13(21)14-2-4-15(5-3-14)19-17(23)12-16(22)18-6-7-20-8-10-24-11-9-20/h2-5H,6-12H2,1H3,(H,18,22)(H,19,23). The minimum atomic E-state index is -0.380. The van der Waals surface area contributed by atoms with Crippen LogP contribution in [0.5, 0.6) is 0 Å². The summed E-state index contributed by atoms with van der Waals surface area (Å²) in [4.78, 5) is 37.0. The molecule has 2 rings (SSSR count). The molecule has 1 aromatic rings. The third-order valence-corrected chi connectivity index (χ3v) is 3.75. The molecule has 0 radical (unpaired) electrons. The van der Waals surface area contributed by atoms with Gasteiger partial charge in [-0.25, -0.2) is 0 Å². The molecule has 2 amide bonds. The number of nitrogens with one attached hydrogen (secondary N) is 2. The molecule has 1 heterocycles. The van der Waals surface area contributed by atoms with Gasteiger partial charge in [-0.1, -0.05) is 0 Å². The van der Waals surface area contributed by atoms with Gasteiger partial charge in [-0.2, -0.15) is 0 Å². The van der Waals surface area contributed by atoms with E-state index in [0.717, 1.165) is 32.8 Å². The summed E-state index contributed by atoms with van der Waals surface area (Å²) in [6.45, 7) is 5.92. The minimum absolute atomic E-state index is 0.0347. The minimum Gasteiger partial charge on any atom is -0.379 e. The van der Waals surface area contributed by atoms with Crippen LogP contribution < -0.4 is 10.6 Å². The van der Waals surface area contributed by atoms with Crippen molar-refractivity contribution in [1.82, 2.24) is 10.2 Å². The molecule has 1 aliphatic rings. The summed E-state index contributed by atoms with van der Waals surface area (Å²) in [5.41, 5.74) is 1.14. The molecule has 0 saturated carbocycles. The van der Waals surface area contributed by atoms with Crippen LogP contribution in [0.2, 0.25) is 0 Å². The Balaban J connectivity index is 1.67. The summed E-state index contributed by atoms with van der Waals surface area (Å²) in [5.74, 6) is -0.719. The van der Waals surface area contributed by atoms with E-state index in [2.05, 4.69) is 15.5 Å². The van der Waals surface area contributed by atoms with Gasteiger partial charge in [0.05, 0.1) is 13.2 Å². The fourth-order valence-corrected chi connectivity index (χ4v) is 2.38. The maximum absolute atomic E-state index is 11.8. The SMILES string of the molecule is CC(=O)c1ccc(NC(=O)CC(=O)NCCN2CCOCC2)cc1. The van der Waals surface area contributed by atoms with E-state index in [1.807, 2.05) is 0 Å². The number of hydrogen-bond donors (Lipinski definition) is 2. The van der Waals surface area contributed by atoms with Crippen LogP contribution in [0.4, 0.5) is 5.69 Å². The number of rotatable bonds is 7. The number of carbonyl (C=O) groups is 3. The Morgan fingerprint density at radius 2 is 1.75 bits per heavy atom. The van der Waals surface area contributed by atoms with Crippen LogP contribution in [0.3, 0.4) is 0 Å². The molecule has 1 saturated heterocycles. The fourth-order valence-electron chi connectivity index (χ4n) is 2.38. The van der Waals surface area contributed by atoms with Crippen molar-refractivity contribution >= 4 is 23.3 Å². The summed E-state index contributed by atoms with van der Waals surface area (Å²) >= 11 is 0. The van der Waals surface area contributed by atoms with E-state index < -0.39 is 0 Å². The van der Waals surface area contributed by atoms with Crippen molar-refractivity contribution in [3.63, 3.8) is 0 Å². The van der Waals surface area contributed by atoms with Gasteiger partial charge in [0.2, 0.25) is 11.8 Å². The predicted octanol–water partition coefficient (Wildman–Crippen LogP) is 0.666. The maximum atomic E-state index is 11.8. The summed E-state index contributed by atoms with van der Waals surface area (Å²) in [6, 6.07) is 6.57. The van der Waals surface area contributed by atoms with Crippen molar-refractivity contribution in [3.05, 3.63) is 29.8 Å². The van der Waals surface area contributed by atoms with Gasteiger partial charge in [-0.15, -0.1) is 0 Å². The number of ketones is 1. The Kier molecular flexibility index (Phi) is 6.89. The highest BCUT2D eigenvalue weighted by Crippen LogP contribution is 2.10. The third-order valence-electron chi connectivity index (χ3n) is 3.75. The molecule has 1 aromatic carbocycles. The average molecular weight is 333 g/mol. The van der Waals surface area contributed by atoms with Gasteiger partial charge < -0.3 is 15.4 Å². The van der Waals surface area contributed by atoms with Gasteiger partial charge in [0.25, 0.3) is 0 Å². The quantitative estimate of drug-likeness (QED) is 0.565. The first-order valence-electron chi connectivity index (χ1n) is 8.02. The van der Waals surface area contributed by atoms with Crippen molar-refractivity contribution < 1.29 is 19.1 Å². The smallest absolute Gasteiger partial charge is 0.233 e. The van der Waals surface area contributed by atoms with E-state index in [0.29, 0.717) is 17.8 Å². The number of morpholine rings is 1. The lowest BCUT2D eigenvalue weighted by atomic mass is 10.1. The van der Waals surface area contributed by atoms with Gasteiger partial charge in [-0.3, -0.25) is 19.3 Å². The second kappa shape index (κ2) is 9.14. The van der Waals surface area contributed by atoms with Crippen molar-refractivity contribution in [2.24, 2.45) is 0 Å². The number of Topliss-reactive ketones (excluding diaryl/α,β-unsaturated/α-hetero) is 1. The number of carbonyl (C=O) groups excluding carboxylic acids is 3. The van der Waals surface area contributed by atoms with Gasteiger partial charge in [0.15, 0.2) is 5.78 Å². The molecule has 7 heteroatoms. The normalized spacial score (nSPS) is 14.9. The topological polar surface area (TPSA) is 87.7 Å². The van der Waals surface area contributed by atoms with Crippen LogP contribution in [-0.4, -0.2) is 61.9 Å². The predicted molar refractivity (Wildman–Crippen MR) is 90.0 cm³/mol. The van der Waals surface area contributed by atoms with Crippen LogP contribution in [0.1, 0.15) is 23.7 Å². The van der Waals surface area contributed by atoms with Crippen LogP contribution >= 0.6 is 0 Å². The second-order valence-electron chi connectivity index (χ2n) is 5.66. The number of nitrogens with zero attached hydrogens (tertiary/aromatic N) is 1. The summed E-state index contributed by atoms with van der Waals surface area (Å²) in [5, 5.41) is 5.38. The molecule has 0 atom stereocenters. The summed E-state index contributed by atoms with van der Waals surface area (Å²) in [7, 11) is 0. The first-order chi connectivity index (χ1) is 11.5. The lowest BCUT2D eigenvalue weighted by Gasteiger charge is -2.26. The van der Waals surface area contributed by atoms with Gasteiger partial charge in [-0.05, 0) is 31.2 Å². The van der Waals surface area contributed by atoms with Crippen molar-refractivity contribution in [2.75, 3.05) is 44.7 Å². The third kappa shape index (κ3) is 6.10. The van der Waals surface area contributed by atoms with Crippen molar-refractivity contribution in [3.8, 4) is 0 Å². The van der Waals surface area contributed by atoms with E-state index in [9.17, 15) is 14.4 Å². The first-order valence-corrected chi connectivity index (χ1v) is 8.02. The van der Waals surface area contributed by atoms with Crippen LogP contribution in [0.25, 0.3) is 0 Å². The molecule has 2 N–H and O–H groups in total. The lowest BCUT2D eigenvalue weighted by Crippen LogP contribution is -2.41. The van der Waals surface area contributed by atoms with E-state index in [1.54, 1.807) is 24.3 Å². The molecule has 0 aliphatic carbocycles. The number of ether oxygens (including phenoxy) is 1. The van der Waals surface area contributed by atoms with Gasteiger partial charge in [0, 0.05) is 37.4 Å². The van der Waals surface area contributed by atoms with Crippen LogP contribution in [-0.2, 0) is 14.3 Å². The van der Waals surface area contributed by atoms with Crippen LogP contribution in [0, 0.1) is 0 Å². The van der Waals surface area contributed by atoms with E-state index >= 15 is 0 Å². The highest BCUT2D eigenvalue weighted by molar-refractivity contribution is 6.03. The molecule has 130 valence electrons. The Hall–Kier alpha value is -2.25. The molecule has 0 spiro atoms. The van der Waals surface area contributed by atoms with Crippen LogP contribution in [0.15, 0.2) is 24.3 Å². The molecule has 24 heavy (non-hydrogen) atoms. The van der Waals surface area contributed by atoms with Crippen molar-refractivity contribution in [2.45, 2.75) is 13.3 Å². The lowest BCUT2D eigenvalue weighted by molar-refractivity contribution is -0.126. The highest BCUT2D eigenvalue weighted by Gasteiger charge is 2.12. The molecule has 7 nitrogen and oxygen atoms in total. The zero-order valence-electron chi connectivity index (χ0n) is 13.8. The Bertz CT molecular complexity index is 580. The van der Waals surface area contributed by atoms with E-state index in [1.165, 1.54) is 6.92 Å². The number of anilines is 1. The molecular weight excluding hydrogens is 310 g/mol. The Labute approximate surface area is 141 Å². The number of amides is 2. The fraction of sp³-hybridized carbons (Fsp3) is 0.471. The average Bonchev–Trinajstić information content (AvgIpc) is 2.56.